The van der Waals surface area contributed by atoms with Crippen molar-refractivity contribution in [1.29, 1.82) is 0 Å². The van der Waals surface area contributed by atoms with Gasteiger partial charge in [-0.15, -0.1) is 0 Å². The molecule has 0 atom stereocenters. The van der Waals surface area contributed by atoms with Crippen molar-refractivity contribution in [3.8, 4) is 78.6 Å². The van der Waals surface area contributed by atoms with Gasteiger partial charge in [-0.2, -0.15) is 0 Å². The molecule has 9 aromatic rings. The van der Waals surface area contributed by atoms with Gasteiger partial charge in [0.15, 0.2) is 0 Å². The van der Waals surface area contributed by atoms with Crippen molar-refractivity contribution in [3.63, 3.8) is 0 Å². The predicted molar refractivity (Wildman–Crippen MR) is 279 cm³/mol. The molecule has 2 aromatic heterocycles. The molecule has 0 radical (unpaired) electrons. The number of aromatic nitrogens is 3. The second-order valence-corrected chi connectivity index (χ2v) is 20.6. The Balaban J connectivity index is 1.30. The number of fused-ring (bicyclic) bond motifs is 1. The third kappa shape index (κ3) is 8.61. The lowest BCUT2D eigenvalue weighted by Crippen LogP contribution is -2.17. The number of benzene rings is 7. The summed E-state index contributed by atoms with van der Waals surface area (Å²) in [6, 6.07) is 51.1. The second kappa shape index (κ2) is 16.7. The van der Waals surface area contributed by atoms with E-state index >= 15 is 0 Å². The van der Waals surface area contributed by atoms with Gasteiger partial charge < -0.3 is 5.11 Å². The number of imidazole rings is 1. The van der Waals surface area contributed by atoms with Crippen LogP contribution in [0.3, 0.4) is 0 Å². The van der Waals surface area contributed by atoms with Crippen molar-refractivity contribution in [1.82, 2.24) is 14.5 Å². The van der Waals surface area contributed by atoms with Gasteiger partial charge in [-0.05, 0) is 146 Å². The zero-order valence-electron chi connectivity index (χ0n) is 45.4. The fraction of sp³-hybridized carbons (Fsp3) is 0.226. The number of hydrogen-bond donors (Lipinski definition) is 1. The summed E-state index contributed by atoms with van der Waals surface area (Å²) in [7, 11) is 0. The molecular formula is C62H61N3O. The van der Waals surface area contributed by atoms with Gasteiger partial charge >= 0.3 is 0 Å². The van der Waals surface area contributed by atoms with Gasteiger partial charge in [0.2, 0.25) is 0 Å². The van der Waals surface area contributed by atoms with Crippen LogP contribution in [0.15, 0.2) is 164 Å². The highest BCUT2D eigenvalue weighted by molar-refractivity contribution is 5.97. The molecule has 0 spiro atoms. The van der Waals surface area contributed by atoms with Crippen molar-refractivity contribution >= 4 is 11.0 Å². The van der Waals surface area contributed by atoms with Gasteiger partial charge in [0, 0.05) is 31.1 Å². The zero-order chi connectivity index (χ0) is 51.7. The molecule has 4 nitrogen and oxygen atoms in total. The SMILES string of the molecule is [2H]C([2H])([2H])c1cc(-c2ccccc2)cc(-c2ccnc(-c3cc(-c4cccc5c4nc(-c4cc(C(C)(C)C)cc(C(C)(C)C)c4O)n5-c4ccc(-c5ccccc5)cc4C([2H])([2H])[2H])cc(C(C)(C)C)c3)c2)c1. The largest absolute Gasteiger partial charge is 0.507 e. The molecule has 2 heterocycles. The second-order valence-electron chi connectivity index (χ2n) is 20.6. The first kappa shape index (κ1) is 37.2. The average molecular weight is 870 g/mol. The van der Waals surface area contributed by atoms with Gasteiger partial charge in [-0.1, -0.05) is 165 Å². The minimum Gasteiger partial charge on any atom is -0.507 e. The summed E-state index contributed by atoms with van der Waals surface area (Å²) < 4.78 is 53.9. The number of rotatable bonds is 7. The molecule has 7 aromatic carbocycles. The number of nitrogens with zero attached hydrogens (tertiary/aromatic N) is 3. The van der Waals surface area contributed by atoms with E-state index in [9.17, 15) is 5.11 Å². The lowest BCUT2D eigenvalue weighted by Gasteiger charge is -2.27. The van der Waals surface area contributed by atoms with Crippen molar-refractivity contribution in [2.45, 2.75) is 92.3 Å². The zero-order valence-corrected chi connectivity index (χ0v) is 39.4. The van der Waals surface area contributed by atoms with E-state index in [1.807, 2.05) is 120 Å². The van der Waals surface area contributed by atoms with Crippen molar-refractivity contribution < 1.29 is 13.3 Å². The standard InChI is InChI=1S/C62H61N3O/c1-39-29-45(42-21-16-13-17-22-42)32-46(30-39)44-27-28-63-54(36-44)48-33-47(34-49(35-48)60(3,4)5)51-23-18-24-56-57(51)64-59(52-37-50(61(6,7)8)38-53(58(52)66)62(9,10)11)65(56)55-26-25-43(31-40(55)2)41-19-14-12-15-20-41/h12-38,66H,1-11H3/i1D3,2D3. The van der Waals surface area contributed by atoms with Gasteiger partial charge in [0.05, 0.1) is 28.0 Å². The number of phenolic OH excluding ortho intramolecular Hbond substituents is 1. The Labute approximate surface area is 400 Å². The van der Waals surface area contributed by atoms with E-state index in [0.717, 1.165) is 66.8 Å². The number of para-hydroxylation sites is 1. The Morgan fingerprint density at radius 1 is 0.485 bits per heavy atom. The Bertz CT molecular complexity index is 3500. The van der Waals surface area contributed by atoms with Crippen LogP contribution in [0.25, 0.3) is 83.9 Å². The molecule has 66 heavy (non-hydrogen) atoms. The maximum absolute atomic E-state index is 12.5. The van der Waals surface area contributed by atoms with E-state index in [-0.39, 0.29) is 27.7 Å². The molecule has 0 saturated carbocycles. The minimum absolute atomic E-state index is 0.0909. The van der Waals surface area contributed by atoms with Gasteiger partial charge in [0.25, 0.3) is 0 Å². The highest BCUT2D eigenvalue weighted by Gasteiger charge is 2.29. The van der Waals surface area contributed by atoms with E-state index in [1.165, 1.54) is 0 Å². The highest BCUT2D eigenvalue weighted by atomic mass is 16.3. The molecule has 1 N–H and O–H groups in total. The molecule has 0 aliphatic rings. The molecule has 9 rings (SSSR count). The summed E-state index contributed by atoms with van der Waals surface area (Å²) >= 11 is 0. The minimum atomic E-state index is -2.52. The van der Waals surface area contributed by atoms with Crippen LogP contribution in [0, 0.1) is 13.7 Å². The Morgan fingerprint density at radius 2 is 1.11 bits per heavy atom. The summed E-state index contributed by atoms with van der Waals surface area (Å²) in [6.45, 7) is 14.3. The molecule has 330 valence electrons. The van der Waals surface area contributed by atoms with Crippen LogP contribution in [0.1, 0.15) is 98.4 Å². The van der Waals surface area contributed by atoms with E-state index in [2.05, 4.69) is 86.6 Å². The highest BCUT2D eigenvalue weighted by Crippen LogP contribution is 2.45. The summed E-state index contributed by atoms with van der Waals surface area (Å²) in [6.07, 6.45) is 1.77. The summed E-state index contributed by atoms with van der Waals surface area (Å²) in [4.78, 5) is 10.4. The quantitative estimate of drug-likeness (QED) is 0.174. The van der Waals surface area contributed by atoms with Crippen LogP contribution in [0.5, 0.6) is 5.75 Å². The predicted octanol–water partition coefficient (Wildman–Crippen LogP) is 16.6. The number of pyridine rings is 1. The monoisotopic (exact) mass is 870 g/mol. The van der Waals surface area contributed by atoms with Gasteiger partial charge in [-0.25, -0.2) is 4.98 Å². The smallest absolute Gasteiger partial charge is 0.149 e. The van der Waals surface area contributed by atoms with Gasteiger partial charge in [0.1, 0.15) is 11.6 Å². The molecule has 0 aliphatic carbocycles. The number of phenols is 1. The molecule has 0 amide bonds. The van der Waals surface area contributed by atoms with Crippen LogP contribution >= 0.6 is 0 Å². The first-order valence-corrected chi connectivity index (χ1v) is 22.7. The lowest BCUT2D eigenvalue weighted by molar-refractivity contribution is 0.446. The van der Waals surface area contributed by atoms with Gasteiger partial charge in [-0.3, -0.25) is 9.55 Å². The summed E-state index contributed by atoms with van der Waals surface area (Å²) in [5, 5.41) is 12.5. The van der Waals surface area contributed by atoms with Crippen molar-refractivity contribution in [3.05, 3.63) is 192 Å². The number of aryl methyl sites for hydroxylation is 2. The molecule has 0 bridgehead atoms. The van der Waals surface area contributed by atoms with Crippen LogP contribution in [0.4, 0.5) is 0 Å². The van der Waals surface area contributed by atoms with Crippen LogP contribution in [0.2, 0.25) is 0 Å². The van der Waals surface area contributed by atoms with Crippen molar-refractivity contribution in [2.24, 2.45) is 0 Å². The topological polar surface area (TPSA) is 50.9 Å². The summed E-state index contributed by atoms with van der Waals surface area (Å²) in [5.41, 5.74) is 12.7. The van der Waals surface area contributed by atoms with Crippen LogP contribution in [-0.4, -0.2) is 19.6 Å². The summed E-state index contributed by atoms with van der Waals surface area (Å²) in [5.74, 6) is 0.508. The molecule has 0 aliphatic heterocycles. The molecule has 0 unspecified atom stereocenters. The van der Waals surface area contributed by atoms with Crippen LogP contribution in [-0.2, 0) is 16.2 Å². The number of hydrogen-bond acceptors (Lipinski definition) is 3. The Morgan fingerprint density at radius 3 is 1.76 bits per heavy atom. The first-order chi connectivity index (χ1) is 33.8. The Hall–Kier alpha value is -7.04. The molecule has 4 heteroatoms. The maximum Gasteiger partial charge on any atom is 0.149 e. The third-order valence-corrected chi connectivity index (χ3v) is 12.6. The van der Waals surface area contributed by atoms with Crippen molar-refractivity contribution in [2.75, 3.05) is 0 Å². The Kier molecular flexibility index (Phi) is 9.44. The first-order valence-electron chi connectivity index (χ1n) is 25.7. The van der Waals surface area contributed by atoms with E-state index in [0.29, 0.717) is 33.8 Å². The maximum atomic E-state index is 12.5. The fourth-order valence-electron chi connectivity index (χ4n) is 8.83. The van der Waals surface area contributed by atoms with E-state index < -0.39 is 19.1 Å². The van der Waals surface area contributed by atoms with E-state index in [4.69, 9.17) is 18.2 Å². The average Bonchev–Trinajstić information content (AvgIpc) is 3.72. The molecular weight excluding hydrogens is 803 g/mol. The third-order valence-electron chi connectivity index (χ3n) is 12.6. The number of aromatic hydroxyl groups is 1. The molecule has 0 fully saturated rings. The van der Waals surface area contributed by atoms with Crippen LogP contribution < -0.4 is 0 Å². The lowest BCUT2D eigenvalue weighted by atomic mass is 9.79. The fourth-order valence-corrected chi connectivity index (χ4v) is 8.83. The van der Waals surface area contributed by atoms with E-state index in [1.54, 1.807) is 24.4 Å². The molecule has 0 saturated heterocycles. The normalized spacial score (nSPS) is 14.0.